The number of primary amides is 1. The van der Waals surface area contributed by atoms with Crippen LogP contribution in [-0.4, -0.2) is 321 Å². The highest BCUT2D eigenvalue weighted by molar-refractivity contribution is 8.00. The molecule has 15 atom stereocenters. The first kappa shape index (κ1) is 102. The molecule has 3 saturated heterocycles. The highest BCUT2D eigenvalue weighted by Gasteiger charge is 2.47. The number of para-hydroxylation sites is 2. The molecular formula is C88H121N21O21S. The standard InChI is InChI=1S/C88H121N21O21S/c1-8-10-23-68-81(123)96-48(3)75(117)104-67(77(119)94-42-72(90)113)45-131-46-73(114)97-64(34-50-26-28-54(111)29-27-50)84(126)105(5)49(4)76(118)98-60(22-16-32-89)86(128)108-33-17-25-69(108)82(124)101-63(37-53-41-91-47-95-53)79(121)99-61(30-31-74(115)116)87(129)109-43-55(112)38-71(109)83(125)100-62(35-51-39-92-58-20-14-12-18-56(51)58)78(120)103-66(44-110)80(122)102-65(36-52-40-93-59-21-15-13-19-57(52)59)85(127)107(7)70(24-11-9-2)88(130)106(68)6/h12-15,18-21,26-29,39-41,47-49,55,60-71,92-93,110-112H,8-11,16-17,22-25,30-38,42-46,89H2,1-7H3,(H2,90,113)(H,91,95)(H,94,119)(H,96,123)(H,97,114)(H,98,118)(H,99,121)(H,100,125)(H,101,124)(H,102,122)(H,103,120)(H,104,117)(H,115,116)/t48-,49-,55+,60-,61-,62-,63-,64-,65-,66-,67-,68-,69-,70-,71-/m0/s1. The smallest absolute Gasteiger partial charge is 0.303 e. The van der Waals surface area contributed by atoms with Gasteiger partial charge < -0.3 is 125 Å². The molecule has 0 spiro atoms. The number of benzene rings is 3. The third-order valence-corrected chi connectivity index (χ3v) is 24.7. The monoisotopic (exact) mass is 1840 g/mol. The summed E-state index contributed by atoms with van der Waals surface area (Å²) in [5, 5.41) is 70.3. The van der Waals surface area contributed by atoms with Crippen molar-refractivity contribution >= 4 is 134 Å². The zero-order valence-electron chi connectivity index (χ0n) is 74.3. The second kappa shape index (κ2) is 48.6. The second-order valence-electron chi connectivity index (χ2n) is 33.2. The van der Waals surface area contributed by atoms with E-state index in [9.17, 15) is 68.4 Å². The number of carboxylic acid groups (broad SMARTS) is 1. The minimum Gasteiger partial charge on any atom is -0.508 e. The van der Waals surface area contributed by atoms with E-state index in [2.05, 4.69) is 73.1 Å². The lowest BCUT2D eigenvalue weighted by Gasteiger charge is -2.36. The summed E-state index contributed by atoms with van der Waals surface area (Å²) in [5.74, 6) is -17.3. The molecule has 710 valence electrons. The summed E-state index contributed by atoms with van der Waals surface area (Å²) in [5.41, 5.74) is 14.3. The van der Waals surface area contributed by atoms with Crippen molar-refractivity contribution in [1.82, 2.24) is 97.6 Å². The normalized spacial score (nSPS) is 25.2. The van der Waals surface area contributed by atoms with E-state index in [1.807, 2.05) is 13.8 Å². The van der Waals surface area contributed by atoms with Crippen molar-refractivity contribution in [1.29, 1.82) is 0 Å². The maximum atomic E-state index is 15.6. The fraction of sp³-hybridized carbons (Fsp3) is 0.523. The predicted octanol–water partition coefficient (Wildman–Crippen LogP) is -2.49. The summed E-state index contributed by atoms with van der Waals surface area (Å²) < 4.78 is 0. The van der Waals surface area contributed by atoms with E-state index in [1.165, 1.54) is 76.7 Å². The SMILES string of the molecule is CCCC[C@H]1C(=O)N(C)[C@@H](CCCC)C(=O)N[C@@H](C)C(=O)N[C@H](C(=O)NCC(N)=O)CSCC(=O)N[C@@H](Cc2ccc(O)cc2)C(=O)N(C)[C@@H](C)C(=O)N[C@@H](CCCN)C(=O)N2CCC[C@H]2C(=O)N[C@@H](Cc2cnc[nH]2)C(=O)N[C@@H](CCC(=O)O)C(=O)N2C[C@H](O)C[C@H]2C(=O)N[C@@H](Cc2c[nH]c3ccccc23)C(=O)N[C@@H](CO)C(=O)N[C@@H](Cc2c[nH]c3ccccc23)C(=O)N1C. The van der Waals surface area contributed by atoms with Gasteiger partial charge in [-0.2, -0.15) is 0 Å². The molecule has 0 radical (unpaired) electrons. The number of carbonyl (C=O) groups is 17. The number of fused-ring (bicyclic) bond motifs is 4. The molecule has 0 bridgehead atoms. The number of carboxylic acids is 1. The number of amides is 16. The van der Waals surface area contributed by atoms with Gasteiger partial charge in [-0.15, -0.1) is 11.8 Å². The number of phenolic OH excluding ortho intramolecular Hbond substituents is 1. The molecule has 0 unspecified atom stereocenters. The topological polar surface area (TPSA) is 620 Å². The molecule has 0 aliphatic carbocycles. The molecule has 6 heterocycles. The van der Waals surface area contributed by atoms with E-state index in [4.69, 9.17) is 11.5 Å². The lowest BCUT2D eigenvalue weighted by Crippen LogP contribution is -2.61. The molecule has 0 saturated carbocycles. The van der Waals surface area contributed by atoms with E-state index in [0.29, 0.717) is 64.2 Å². The van der Waals surface area contributed by atoms with Gasteiger partial charge in [0.05, 0.1) is 31.3 Å². The lowest BCUT2D eigenvalue weighted by molar-refractivity contribution is -0.149. The molecule has 42 nitrogen and oxygen atoms in total. The molecular weight excluding hydrogens is 1720 g/mol. The van der Waals surface area contributed by atoms with Crippen LogP contribution in [0.15, 0.2) is 97.7 Å². The van der Waals surface area contributed by atoms with Gasteiger partial charge in [0.2, 0.25) is 94.5 Å². The summed E-state index contributed by atoms with van der Waals surface area (Å²) in [6, 6.07) is -1.94. The second-order valence-corrected chi connectivity index (χ2v) is 34.3. The van der Waals surface area contributed by atoms with Crippen LogP contribution in [0.3, 0.4) is 0 Å². The molecule has 16 amide bonds. The van der Waals surface area contributed by atoms with Crippen molar-refractivity contribution < 1.29 is 102 Å². The number of imidazole rings is 1. The number of H-pyrrole nitrogens is 3. The predicted molar refractivity (Wildman–Crippen MR) is 478 cm³/mol. The number of rotatable bonds is 24. The molecule has 21 N–H and O–H groups in total. The molecule has 3 aromatic heterocycles. The van der Waals surface area contributed by atoms with Gasteiger partial charge in [0.25, 0.3) is 0 Å². The summed E-state index contributed by atoms with van der Waals surface area (Å²) in [7, 11) is 3.96. The minimum atomic E-state index is -1.91. The summed E-state index contributed by atoms with van der Waals surface area (Å²) in [6.07, 6.45) is 3.38. The number of aliphatic carboxylic acids is 1. The Labute approximate surface area is 760 Å². The van der Waals surface area contributed by atoms with Crippen molar-refractivity contribution in [3.63, 3.8) is 0 Å². The Morgan fingerprint density at radius 2 is 1.09 bits per heavy atom. The highest BCUT2D eigenvalue weighted by atomic mass is 32.2. The van der Waals surface area contributed by atoms with Gasteiger partial charge in [-0.1, -0.05) is 88.1 Å². The fourth-order valence-electron chi connectivity index (χ4n) is 16.1. The van der Waals surface area contributed by atoms with Crippen molar-refractivity contribution in [2.45, 2.75) is 228 Å². The molecule has 9 rings (SSSR count). The number of aromatic amines is 3. The number of thioether (sulfide) groups is 1. The van der Waals surface area contributed by atoms with Crippen LogP contribution in [0.25, 0.3) is 21.8 Å². The number of aliphatic hydroxyl groups is 2. The summed E-state index contributed by atoms with van der Waals surface area (Å²) in [6.45, 7) is 3.94. The van der Waals surface area contributed by atoms with E-state index >= 15 is 33.6 Å². The minimum absolute atomic E-state index is 0.00684. The number of hydrogen-bond donors (Lipinski definition) is 19. The number of aliphatic hydroxyl groups excluding tert-OH is 2. The van der Waals surface area contributed by atoms with Gasteiger partial charge in [-0.25, -0.2) is 4.98 Å². The highest BCUT2D eigenvalue weighted by Crippen LogP contribution is 2.28. The molecule has 3 aromatic carbocycles. The Kier molecular flexibility index (Phi) is 37.7. The van der Waals surface area contributed by atoms with Crippen molar-refractivity contribution in [2.24, 2.45) is 11.5 Å². The van der Waals surface area contributed by atoms with E-state index in [0.717, 1.165) is 31.4 Å². The number of phenols is 1. The van der Waals surface area contributed by atoms with Crippen LogP contribution in [0.5, 0.6) is 5.75 Å². The number of nitrogens with one attached hydrogen (secondary N) is 13. The van der Waals surface area contributed by atoms with Crippen LogP contribution < -0.4 is 64.6 Å². The number of aromatic hydroxyl groups is 1. The third-order valence-electron chi connectivity index (χ3n) is 23.7. The van der Waals surface area contributed by atoms with Crippen molar-refractivity contribution in [3.8, 4) is 5.75 Å². The van der Waals surface area contributed by atoms with Crippen LogP contribution in [0.2, 0.25) is 0 Å². The van der Waals surface area contributed by atoms with Crippen LogP contribution in [0.4, 0.5) is 0 Å². The maximum Gasteiger partial charge on any atom is 0.303 e. The molecule has 3 aliphatic rings. The van der Waals surface area contributed by atoms with Crippen molar-refractivity contribution in [3.05, 3.63) is 120 Å². The number of nitrogens with zero attached hydrogens (tertiary/aromatic N) is 6. The van der Waals surface area contributed by atoms with Crippen molar-refractivity contribution in [2.75, 3.05) is 65.4 Å². The number of likely N-dealkylation sites (N-methyl/N-ethyl adjacent to an activating group) is 3. The Morgan fingerprint density at radius 1 is 0.550 bits per heavy atom. The Morgan fingerprint density at radius 3 is 1.69 bits per heavy atom. The first-order valence-corrected chi connectivity index (χ1v) is 45.0. The zero-order valence-corrected chi connectivity index (χ0v) is 75.2. The summed E-state index contributed by atoms with van der Waals surface area (Å²) in [4.78, 5) is 266. The lowest BCUT2D eigenvalue weighted by atomic mass is 10.00. The number of carbonyl (C=O) groups excluding carboxylic acids is 16. The first-order valence-electron chi connectivity index (χ1n) is 43.9. The Balaban J connectivity index is 1.08. The van der Waals surface area contributed by atoms with E-state index < -0.39 is 236 Å². The third kappa shape index (κ3) is 27.8. The molecule has 43 heteroatoms. The van der Waals surface area contributed by atoms with Crippen LogP contribution in [0, 0.1) is 0 Å². The van der Waals surface area contributed by atoms with Crippen LogP contribution >= 0.6 is 11.8 Å². The Bertz CT molecular complexity index is 5050. The van der Waals surface area contributed by atoms with Crippen LogP contribution in [-0.2, 0) is 107 Å². The largest absolute Gasteiger partial charge is 0.508 e. The quantitative estimate of drug-likeness (QED) is 0.0298. The Hall–Kier alpha value is -13.0. The molecule has 131 heavy (non-hydrogen) atoms. The van der Waals surface area contributed by atoms with Gasteiger partial charge in [0.1, 0.15) is 90.3 Å². The van der Waals surface area contributed by atoms with Gasteiger partial charge in [0.15, 0.2) is 0 Å². The van der Waals surface area contributed by atoms with Gasteiger partial charge >= 0.3 is 5.97 Å². The van der Waals surface area contributed by atoms with Gasteiger partial charge in [0, 0.05) is 125 Å². The zero-order chi connectivity index (χ0) is 95.4. The number of nitrogens with two attached hydrogens (primary N) is 2. The van der Waals surface area contributed by atoms with Crippen LogP contribution in [0.1, 0.15) is 134 Å². The molecule has 3 aliphatic heterocycles. The average Bonchev–Trinajstić information content (AvgIpc) is 1.74. The fourth-order valence-corrected chi connectivity index (χ4v) is 17.0. The van der Waals surface area contributed by atoms with E-state index in [-0.39, 0.29) is 94.5 Å². The molecule has 3 fully saturated rings. The number of unbranched alkanes of at least 4 members (excludes halogenated alkanes) is 2. The number of hydrogen-bond acceptors (Lipinski definition) is 23. The maximum absolute atomic E-state index is 15.6. The summed E-state index contributed by atoms with van der Waals surface area (Å²) >= 11 is 0.798. The average molecular weight is 1840 g/mol. The first-order chi connectivity index (χ1) is 62.5. The van der Waals surface area contributed by atoms with Gasteiger partial charge in [-0.3, -0.25) is 81.5 Å². The van der Waals surface area contributed by atoms with E-state index in [1.54, 1.807) is 60.9 Å². The van der Waals surface area contributed by atoms with Gasteiger partial charge in [-0.05, 0) is 106 Å². The molecule has 6 aromatic rings. The number of aromatic nitrogens is 4.